The van der Waals surface area contributed by atoms with Crippen LogP contribution in [0.15, 0.2) is 47.4 Å². The second kappa shape index (κ2) is 7.70. The lowest BCUT2D eigenvalue weighted by molar-refractivity contribution is 0.0940. The van der Waals surface area contributed by atoms with E-state index in [1.165, 1.54) is 0 Å². The summed E-state index contributed by atoms with van der Waals surface area (Å²) in [6.07, 6.45) is 0.794. The van der Waals surface area contributed by atoms with Gasteiger partial charge in [-0.05, 0) is 62.6 Å². The van der Waals surface area contributed by atoms with E-state index in [2.05, 4.69) is 10.0 Å². The van der Waals surface area contributed by atoms with Crippen molar-refractivity contribution in [1.29, 1.82) is 0 Å². The highest BCUT2D eigenvalue weighted by Gasteiger charge is 2.19. The van der Waals surface area contributed by atoms with E-state index >= 15 is 0 Å². The molecule has 0 aliphatic carbocycles. The Morgan fingerprint density at radius 2 is 1.76 bits per heavy atom. The quantitative estimate of drug-likeness (QED) is 0.826. The summed E-state index contributed by atoms with van der Waals surface area (Å²) in [5, 5.41) is 2.85. The second-order valence-electron chi connectivity index (χ2n) is 6.18. The minimum absolute atomic E-state index is 0.0110. The normalized spacial score (nSPS) is 12.5. The van der Waals surface area contributed by atoms with Gasteiger partial charge in [0.25, 0.3) is 15.9 Å². The number of carbonyl (C=O) groups excluding carboxylic acids is 1. The maximum absolute atomic E-state index is 12.7. The van der Waals surface area contributed by atoms with Gasteiger partial charge < -0.3 is 5.32 Å². The molecule has 0 radical (unpaired) electrons. The molecule has 134 valence electrons. The summed E-state index contributed by atoms with van der Waals surface area (Å²) >= 11 is 0. The lowest BCUT2D eigenvalue weighted by Gasteiger charge is -2.15. The zero-order valence-corrected chi connectivity index (χ0v) is 15.8. The molecule has 2 aromatic carbocycles. The Bertz CT molecular complexity index is 876. The number of carbonyl (C=O) groups is 1. The van der Waals surface area contributed by atoms with Gasteiger partial charge in [-0.1, -0.05) is 25.1 Å². The average molecular weight is 360 g/mol. The minimum Gasteiger partial charge on any atom is -0.350 e. The lowest BCUT2D eigenvalue weighted by atomic mass is 10.1. The van der Waals surface area contributed by atoms with Crippen LogP contribution in [0.2, 0.25) is 0 Å². The smallest absolute Gasteiger partial charge is 0.261 e. The molecule has 0 fully saturated rings. The van der Waals surface area contributed by atoms with Crippen molar-refractivity contribution in [2.45, 2.75) is 45.1 Å². The molecule has 0 heterocycles. The predicted octanol–water partition coefficient (Wildman–Crippen LogP) is 3.63. The standard InChI is InChI=1S/C19H24N2O3S/c1-5-15(4)20-19(22)17-8-6-7-9-18(17)21-25(23,24)16-11-10-13(2)14(3)12-16/h6-12,15,21H,5H2,1-4H3,(H,20,22)/t15-/m0/s1. The molecule has 2 rings (SSSR count). The van der Waals surface area contributed by atoms with Crippen molar-refractivity contribution in [2.75, 3.05) is 4.72 Å². The van der Waals surface area contributed by atoms with E-state index in [4.69, 9.17) is 0 Å². The fraction of sp³-hybridized carbons (Fsp3) is 0.316. The van der Waals surface area contributed by atoms with Gasteiger partial charge in [0.2, 0.25) is 0 Å². The van der Waals surface area contributed by atoms with Crippen molar-refractivity contribution in [3.8, 4) is 0 Å². The van der Waals surface area contributed by atoms with Gasteiger partial charge in [-0.25, -0.2) is 8.42 Å². The van der Waals surface area contributed by atoms with Crippen LogP contribution in [0.4, 0.5) is 5.69 Å². The van der Waals surface area contributed by atoms with E-state index in [0.717, 1.165) is 17.5 Å². The molecule has 0 spiro atoms. The molecule has 1 atom stereocenters. The highest BCUT2D eigenvalue weighted by Crippen LogP contribution is 2.22. The van der Waals surface area contributed by atoms with E-state index < -0.39 is 10.0 Å². The summed E-state index contributed by atoms with van der Waals surface area (Å²) in [6.45, 7) is 7.66. The second-order valence-corrected chi connectivity index (χ2v) is 7.86. The molecule has 25 heavy (non-hydrogen) atoms. The summed E-state index contributed by atoms with van der Waals surface area (Å²) in [5.41, 5.74) is 2.48. The number of rotatable bonds is 6. The first kappa shape index (κ1) is 19.0. The van der Waals surface area contributed by atoms with Gasteiger partial charge in [-0.3, -0.25) is 9.52 Å². The molecule has 5 nitrogen and oxygen atoms in total. The van der Waals surface area contributed by atoms with E-state index in [1.807, 2.05) is 27.7 Å². The van der Waals surface area contributed by atoms with Crippen LogP contribution in [0.5, 0.6) is 0 Å². The molecule has 0 aliphatic heterocycles. The SMILES string of the molecule is CC[C@H](C)NC(=O)c1ccccc1NS(=O)(=O)c1ccc(C)c(C)c1. The molecular weight excluding hydrogens is 336 g/mol. The molecule has 2 N–H and O–H groups in total. The van der Waals surface area contributed by atoms with Crippen molar-refractivity contribution in [3.63, 3.8) is 0 Å². The fourth-order valence-electron chi connectivity index (χ4n) is 2.26. The average Bonchev–Trinajstić information content (AvgIpc) is 2.57. The third-order valence-corrected chi connectivity index (χ3v) is 5.56. The zero-order valence-electron chi connectivity index (χ0n) is 15.0. The van der Waals surface area contributed by atoms with Crippen molar-refractivity contribution in [1.82, 2.24) is 5.32 Å². The number of benzene rings is 2. The topological polar surface area (TPSA) is 75.3 Å². The Labute approximate surface area is 149 Å². The Morgan fingerprint density at radius 3 is 2.40 bits per heavy atom. The van der Waals surface area contributed by atoms with Crippen molar-refractivity contribution < 1.29 is 13.2 Å². The molecule has 0 unspecified atom stereocenters. The molecule has 2 aromatic rings. The van der Waals surface area contributed by atoms with Crippen LogP contribution in [0, 0.1) is 13.8 Å². The van der Waals surface area contributed by atoms with E-state index in [0.29, 0.717) is 5.56 Å². The summed E-state index contributed by atoms with van der Waals surface area (Å²) < 4.78 is 27.9. The number of nitrogens with one attached hydrogen (secondary N) is 2. The van der Waals surface area contributed by atoms with Crippen LogP contribution >= 0.6 is 0 Å². The number of anilines is 1. The minimum atomic E-state index is -3.77. The van der Waals surface area contributed by atoms with E-state index in [9.17, 15) is 13.2 Å². The Morgan fingerprint density at radius 1 is 1.08 bits per heavy atom. The number of hydrogen-bond donors (Lipinski definition) is 2. The first-order valence-electron chi connectivity index (χ1n) is 8.24. The van der Waals surface area contributed by atoms with Gasteiger partial charge in [0.15, 0.2) is 0 Å². The van der Waals surface area contributed by atoms with Crippen LogP contribution < -0.4 is 10.0 Å². The molecule has 0 saturated heterocycles. The summed E-state index contributed by atoms with van der Waals surface area (Å²) in [6, 6.07) is 11.6. The van der Waals surface area contributed by atoms with Gasteiger partial charge in [0.05, 0.1) is 16.1 Å². The van der Waals surface area contributed by atoms with Crippen LogP contribution in [0.1, 0.15) is 41.8 Å². The van der Waals surface area contributed by atoms with Crippen molar-refractivity contribution in [3.05, 3.63) is 59.2 Å². The number of sulfonamides is 1. The van der Waals surface area contributed by atoms with E-state index in [1.54, 1.807) is 42.5 Å². The van der Waals surface area contributed by atoms with Gasteiger partial charge in [0, 0.05) is 6.04 Å². The Kier molecular flexibility index (Phi) is 5.85. The third kappa shape index (κ3) is 4.60. The highest BCUT2D eigenvalue weighted by molar-refractivity contribution is 7.92. The molecule has 0 aromatic heterocycles. The maximum atomic E-state index is 12.7. The van der Waals surface area contributed by atoms with Gasteiger partial charge in [-0.2, -0.15) is 0 Å². The van der Waals surface area contributed by atoms with Gasteiger partial charge in [0.1, 0.15) is 0 Å². The molecule has 0 aliphatic rings. The Balaban J connectivity index is 2.33. The van der Waals surface area contributed by atoms with E-state index in [-0.39, 0.29) is 22.5 Å². The van der Waals surface area contributed by atoms with Crippen LogP contribution in [-0.2, 0) is 10.0 Å². The summed E-state index contributed by atoms with van der Waals surface area (Å²) in [5.74, 6) is -0.298. The number of amides is 1. The largest absolute Gasteiger partial charge is 0.350 e. The molecule has 0 bridgehead atoms. The highest BCUT2D eigenvalue weighted by atomic mass is 32.2. The predicted molar refractivity (Wildman–Crippen MR) is 100 cm³/mol. The lowest BCUT2D eigenvalue weighted by Crippen LogP contribution is -2.32. The molecule has 0 saturated carbocycles. The van der Waals surface area contributed by atoms with Crippen molar-refractivity contribution in [2.24, 2.45) is 0 Å². The van der Waals surface area contributed by atoms with Crippen LogP contribution in [0.3, 0.4) is 0 Å². The van der Waals surface area contributed by atoms with Crippen molar-refractivity contribution >= 4 is 21.6 Å². The maximum Gasteiger partial charge on any atom is 0.261 e. The third-order valence-electron chi connectivity index (χ3n) is 4.19. The number of aryl methyl sites for hydroxylation is 2. The van der Waals surface area contributed by atoms with Crippen LogP contribution in [0.25, 0.3) is 0 Å². The molecular formula is C19H24N2O3S. The first-order chi connectivity index (χ1) is 11.7. The fourth-order valence-corrected chi connectivity index (χ4v) is 3.42. The number of hydrogen-bond acceptors (Lipinski definition) is 3. The Hall–Kier alpha value is -2.34. The summed E-state index contributed by atoms with van der Waals surface area (Å²) in [4.78, 5) is 12.6. The van der Waals surface area contributed by atoms with Crippen LogP contribution in [-0.4, -0.2) is 20.4 Å². The number of para-hydroxylation sites is 1. The van der Waals surface area contributed by atoms with Gasteiger partial charge in [-0.15, -0.1) is 0 Å². The first-order valence-corrected chi connectivity index (χ1v) is 9.73. The van der Waals surface area contributed by atoms with Gasteiger partial charge >= 0.3 is 0 Å². The molecule has 6 heteroatoms. The molecule has 1 amide bonds. The monoisotopic (exact) mass is 360 g/mol. The zero-order chi connectivity index (χ0) is 18.6. The summed E-state index contributed by atoms with van der Waals surface area (Å²) in [7, 11) is -3.77.